The summed E-state index contributed by atoms with van der Waals surface area (Å²) >= 11 is 0. The molecule has 6 nitrogen and oxygen atoms in total. The van der Waals surface area contributed by atoms with Gasteiger partial charge < -0.3 is 15.4 Å². The van der Waals surface area contributed by atoms with Crippen molar-refractivity contribution in [2.75, 3.05) is 13.2 Å². The molecule has 122 valence electrons. The van der Waals surface area contributed by atoms with Crippen LogP contribution in [0.5, 0.6) is 0 Å². The highest BCUT2D eigenvalue weighted by molar-refractivity contribution is 5.89. The molecule has 0 fully saturated rings. The molecule has 0 heterocycles. The van der Waals surface area contributed by atoms with E-state index >= 15 is 0 Å². The van der Waals surface area contributed by atoms with Crippen LogP contribution in [-0.2, 0) is 19.1 Å². The Morgan fingerprint density at radius 1 is 1.14 bits per heavy atom. The fraction of sp³-hybridized carbons (Fsp3) is 0.800. The summed E-state index contributed by atoms with van der Waals surface area (Å²) in [6.45, 7) is 10.9. The maximum atomic E-state index is 11.9. The number of amides is 2. The molecule has 0 saturated carbocycles. The maximum absolute atomic E-state index is 11.9. The minimum absolute atomic E-state index is 0.0358. The highest BCUT2D eigenvalue weighted by atomic mass is 16.5. The first-order chi connectivity index (χ1) is 9.63. The molecule has 6 heteroatoms. The van der Waals surface area contributed by atoms with Crippen molar-refractivity contribution in [1.29, 1.82) is 0 Å². The number of esters is 1. The SMILES string of the molecule is CCOC(=O)[C@H](NC(=O)CNC(=O)C(C)(C)C)[C@@H](C)CC. The molecule has 0 radical (unpaired) electrons. The third kappa shape index (κ3) is 7.11. The summed E-state index contributed by atoms with van der Waals surface area (Å²) in [5, 5.41) is 5.18. The van der Waals surface area contributed by atoms with E-state index in [1.165, 1.54) is 0 Å². The van der Waals surface area contributed by atoms with Gasteiger partial charge in [-0.1, -0.05) is 41.0 Å². The minimum Gasteiger partial charge on any atom is -0.464 e. The Labute approximate surface area is 127 Å². The predicted molar refractivity (Wildman–Crippen MR) is 80.5 cm³/mol. The van der Waals surface area contributed by atoms with Gasteiger partial charge in [0.15, 0.2) is 0 Å². The lowest BCUT2D eigenvalue weighted by Crippen LogP contribution is -2.50. The molecule has 2 atom stereocenters. The van der Waals surface area contributed by atoms with Crippen LogP contribution in [0.25, 0.3) is 0 Å². The van der Waals surface area contributed by atoms with Gasteiger partial charge in [0.25, 0.3) is 0 Å². The van der Waals surface area contributed by atoms with E-state index in [0.29, 0.717) is 0 Å². The molecular formula is C15H28N2O4. The predicted octanol–water partition coefficient (Wildman–Crippen LogP) is 1.24. The summed E-state index contributed by atoms with van der Waals surface area (Å²) in [4.78, 5) is 35.4. The van der Waals surface area contributed by atoms with Gasteiger partial charge in [0.1, 0.15) is 6.04 Å². The molecule has 0 rings (SSSR count). The zero-order valence-corrected chi connectivity index (χ0v) is 13.9. The van der Waals surface area contributed by atoms with Gasteiger partial charge in [-0.25, -0.2) is 4.79 Å². The van der Waals surface area contributed by atoms with Crippen molar-refractivity contribution in [3.8, 4) is 0 Å². The summed E-state index contributed by atoms with van der Waals surface area (Å²) in [5.74, 6) is -1.09. The van der Waals surface area contributed by atoms with Crippen LogP contribution in [0.2, 0.25) is 0 Å². The zero-order chi connectivity index (χ0) is 16.6. The lowest BCUT2D eigenvalue weighted by atomic mass is 9.96. The fourth-order valence-electron chi connectivity index (χ4n) is 1.55. The Morgan fingerprint density at radius 2 is 1.71 bits per heavy atom. The summed E-state index contributed by atoms with van der Waals surface area (Å²) in [6, 6.07) is -0.686. The summed E-state index contributed by atoms with van der Waals surface area (Å²) in [5.41, 5.74) is -0.558. The highest BCUT2D eigenvalue weighted by Crippen LogP contribution is 2.12. The number of hydrogen-bond acceptors (Lipinski definition) is 4. The Morgan fingerprint density at radius 3 is 2.14 bits per heavy atom. The Balaban J connectivity index is 4.54. The monoisotopic (exact) mass is 300 g/mol. The molecular weight excluding hydrogens is 272 g/mol. The van der Waals surface area contributed by atoms with Gasteiger partial charge in [-0.15, -0.1) is 0 Å². The molecule has 0 aromatic rings. The van der Waals surface area contributed by atoms with Crippen LogP contribution in [0, 0.1) is 11.3 Å². The first kappa shape index (κ1) is 19.4. The summed E-state index contributed by atoms with van der Waals surface area (Å²) in [6.07, 6.45) is 0.734. The first-order valence-corrected chi connectivity index (χ1v) is 7.37. The van der Waals surface area contributed by atoms with Gasteiger partial charge in [-0.3, -0.25) is 9.59 Å². The first-order valence-electron chi connectivity index (χ1n) is 7.37. The quantitative estimate of drug-likeness (QED) is 0.693. The number of carbonyl (C=O) groups is 3. The number of nitrogens with one attached hydrogen (secondary N) is 2. The van der Waals surface area contributed by atoms with E-state index in [0.717, 1.165) is 6.42 Å². The normalized spacial score (nSPS) is 14.0. The molecule has 0 aromatic heterocycles. The molecule has 2 amide bonds. The van der Waals surface area contributed by atoms with Crippen molar-refractivity contribution < 1.29 is 19.1 Å². The van der Waals surface area contributed by atoms with E-state index < -0.39 is 23.3 Å². The standard InChI is InChI=1S/C15H28N2O4/c1-7-10(3)12(13(19)21-8-2)17-11(18)9-16-14(20)15(4,5)6/h10,12H,7-9H2,1-6H3,(H,16,20)(H,17,18)/t10-,12+/m0/s1. The van der Waals surface area contributed by atoms with Gasteiger partial charge in [0.2, 0.25) is 11.8 Å². The third-order valence-corrected chi connectivity index (χ3v) is 3.16. The second kappa shape index (κ2) is 8.64. The van der Waals surface area contributed by atoms with E-state index in [9.17, 15) is 14.4 Å². The maximum Gasteiger partial charge on any atom is 0.328 e. The minimum atomic E-state index is -0.686. The van der Waals surface area contributed by atoms with Gasteiger partial charge in [0, 0.05) is 5.41 Å². The number of carbonyl (C=O) groups excluding carboxylic acids is 3. The molecule has 0 aliphatic carbocycles. The molecule has 2 N–H and O–H groups in total. The van der Waals surface area contributed by atoms with E-state index in [2.05, 4.69) is 10.6 Å². The average molecular weight is 300 g/mol. The molecule has 0 spiro atoms. The average Bonchev–Trinajstić information content (AvgIpc) is 2.40. The van der Waals surface area contributed by atoms with Crippen LogP contribution in [-0.4, -0.2) is 37.0 Å². The number of rotatable bonds is 7. The van der Waals surface area contributed by atoms with Crippen LogP contribution in [0.4, 0.5) is 0 Å². The van der Waals surface area contributed by atoms with Crippen molar-refractivity contribution in [2.24, 2.45) is 11.3 Å². The number of ether oxygens (including phenoxy) is 1. The molecule has 0 aliphatic heterocycles. The molecule has 0 saturated heterocycles. The highest BCUT2D eigenvalue weighted by Gasteiger charge is 2.28. The van der Waals surface area contributed by atoms with E-state index in [1.807, 2.05) is 13.8 Å². The third-order valence-electron chi connectivity index (χ3n) is 3.16. The number of hydrogen-bond donors (Lipinski definition) is 2. The van der Waals surface area contributed by atoms with E-state index in [4.69, 9.17) is 4.74 Å². The second-order valence-corrected chi connectivity index (χ2v) is 6.12. The molecule has 0 unspecified atom stereocenters. The van der Waals surface area contributed by atoms with Crippen molar-refractivity contribution in [3.63, 3.8) is 0 Å². The summed E-state index contributed by atoms with van der Waals surface area (Å²) in [7, 11) is 0. The lowest BCUT2D eigenvalue weighted by molar-refractivity contribution is -0.148. The zero-order valence-electron chi connectivity index (χ0n) is 13.9. The lowest BCUT2D eigenvalue weighted by Gasteiger charge is -2.23. The van der Waals surface area contributed by atoms with Crippen molar-refractivity contribution in [2.45, 2.75) is 54.0 Å². The van der Waals surface area contributed by atoms with Crippen LogP contribution < -0.4 is 10.6 Å². The van der Waals surface area contributed by atoms with Crippen LogP contribution >= 0.6 is 0 Å². The fourth-order valence-corrected chi connectivity index (χ4v) is 1.55. The van der Waals surface area contributed by atoms with Crippen molar-refractivity contribution in [1.82, 2.24) is 10.6 Å². The Hall–Kier alpha value is -1.59. The topological polar surface area (TPSA) is 84.5 Å². The van der Waals surface area contributed by atoms with Gasteiger partial charge in [-0.05, 0) is 12.8 Å². The van der Waals surface area contributed by atoms with Gasteiger partial charge >= 0.3 is 5.97 Å². The Bertz CT molecular complexity index is 374. The van der Waals surface area contributed by atoms with Crippen molar-refractivity contribution in [3.05, 3.63) is 0 Å². The van der Waals surface area contributed by atoms with Crippen LogP contribution in [0.1, 0.15) is 48.0 Å². The van der Waals surface area contributed by atoms with Crippen molar-refractivity contribution >= 4 is 17.8 Å². The van der Waals surface area contributed by atoms with Crippen LogP contribution in [0.15, 0.2) is 0 Å². The summed E-state index contributed by atoms with van der Waals surface area (Å²) < 4.78 is 4.97. The van der Waals surface area contributed by atoms with Crippen LogP contribution in [0.3, 0.4) is 0 Å². The Kier molecular flexibility index (Phi) is 7.99. The van der Waals surface area contributed by atoms with E-state index in [1.54, 1.807) is 27.7 Å². The van der Waals surface area contributed by atoms with Gasteiger partial charge in [0.05, 0.1) is 13.2 Å². The molecule has 21 heavy (non-hydrogen) atoms. The van der Waals surface area contributed by atoms with E-state index in [-0.39, 0.29) is 25.0 Å². The molecule has 0 aliphatic rings. The molecule has 0 bridgehead atoms. The molecule has 0 aromatic carbocycles. The largest absolute Gasteiger partial charge is 0.464 e. The second-order valence-electron chi connectivity index (χ2n) is 6.12. The smallest absolute Gasteiger partial charge is 0.328 e. The van der Waals surface area contributed by atoms with Gasteiger partial charge in [-0.2, -0.15) is 0 Å².